The number of nitrogens with one attached hydrogen (secondary N) is 1. The van der Waals surface area contributed by atoms with Gasteiger partial charge >= 0.3 is 0 Å². The summed E-state index contributed by atoms with van der Waals surface area (Å²) in [4.78, 5) is 5.46. The highest BCUT2D eigenvalue weighted by Gasteiger charge is 2.38. The van der Waals surface area contributed by atoms with Gasteiger partial charge in [-0.3, -0.25) is 0 Å². The van der Waals surface area contributed by atoms with Crippen LogP contribution in [0.3, 0.4) is 0 Å². The highest BCUT2D eigenvalue weighted by molar-refractivity contribution is 5.03. The summed E-state index contributed by atoms with van der Waals surface area (Å²) < 4.78 is 5.19. The first-order valence-electron chi connectivity index (χ1n) is 5.74. The van der Waals surface area contributed by atoms with Crippen LogP contribution in [0.2, 0.25) is 0 Å². The Bertz CT molecular complexity index is 301. The summed E-state index contributed by atoms with van der Waals surface area (Å²) in [5.41, 5.74) is 1.25. The van der Waals surface area contributed by atoms with Gasteiger partial charge in [0.2, 0.25) is 0 Å². The average molecular weight is 224 g/mol. The summed E-state index contributed by atoms with van der Waals surface area (Å²) in [7, 11) is 2.10. The molecule has 1 aliphatic heterocycles. The fourth-order valence-corrected chi connectivity index (χ4v) is 2.11. The van der Waals surface area contributed by atoms with Crippen molar-refractivity contribution in [3.05, 3.63) is 24.0 Å². The number of hydrogen-bond acceptors (Lipinski definition) is 3. The van der Waals surface area contributed by atoms with Crippen LogP contribution >= 0.6 is 0 Å². The van der Waals surface area contributed by atoms with Gasteiger partial charge in [0.1, 0.15) is 0 Å². The number of ether oxygens (including phenoxy) is 1. The number of H-pyrrole nitrogens is 1. The highest BCUT2D eigenvalue weighted by Crippen LogP contribution is 2.27. The number of aliphatic hydroxyl groups is 1. The minimum absolute atomic E-state index is 0.00944. The monoisotopic (exact) mass is 224 g/mol. The second kappa shape index (κ2) is 4.99. The first-order valence-corrected chi connectivity index (χ1v) is 5.74. The lowest BCUT2D eigenvalue weighted by atomic mass is 9.86. The van der Waals surface area contributed by atoms with Gasteiger partial charge in [0.15, 0.2) is 0 Å². The fraction of sp³-hybridized carbons (Fsp3) is 0.667. The highest BCUT2D eigenvalue weighted by atomic mass is 16.5. The first kappa shape index (κ1) is 11.6. The Hall–Kier alpha value is -0.840. The van der Waals surface area contributed by atoms with Gasteiger partial charge in [-0.15, -0.1) is 0 Å². The van der Waals surface area contributed by atoms with Crippen molar-refractivity contribution in [2.24, 2.45) is 5.41 Å². The van der Waals surface area contributed by atoms with Gasteiger partial charge in [-0.2, -0.15) is 0 Å². The zero-order valence-electron chi connectivity index (χ0n) is 9.78. The van der Waals surface area contributed by atoms with Crippen LogP contribution < -0.4 is 0 Å². The summed E-state index contributed by atoms with van der Waals surface area (Å²) in [6, 6.07) is 4.12. The smallest absolute Gasteiger partial charge is 0.0579 e. The van der Waals surface area contributed by atoms with Crippen molar-refractivity contribution in [1.29, 1.82) is 0 Å². The third-order valence-corrected chi connectivity index (χ3v) is 3.18. The van der Waals surface area contributed by atoms with E-state index in [2.05, 4.69) is 23.0 Å². The molecule has 2 rings (SSSR count). The summed E-state index contributed by atoms with van der Waals surface area (Å²) in [5, 5.41) is 9.32. The average Bonchev–Trinajstić information content (AvgIpc) is 2.73. The van der Waals surface area contributed by atoms with E-state index in [0.29, 0.717) is 13.2 Å². The molecule has 0 saturated carbocycles. The fourth-order valence-electron chi connectivity index (χ4n) is 2.11. The molecular weight excluding hydrogens is 204 g/mol. The molecule has 1 aromatic heterocycles. The van der Waals surface area contributed by atoms with Crippen LogP contribution in [0, 0.1) is 5.41 Å². The van der Waals surface area contributed by atoms with Gasteiger partial charge in [0.05, 0.1) is 25.2 Å². The molecule has 0 radical (unpaired) electrons. The van der Waals surface area contributed by atoms with Gasteiger partial charge in [0, 0.05) is 31.4 Å². The van der Waals surface area contributed by atoms with E-state index in [1.807, 2.05) is 12.3 Å². The Balaban J connectivity index is 1.73. The van der Waals surface area contributed by atoms with Gasteiger partial charge in [-0.25, -0.2) is 0 Å². The van der Waals surface area contributed by atoms with Gasteiger partial charge in [-0.05, 0) is 19.2 Å². The Labute approximate surface area is 96.2 Å². The molecule has 2 N–H and O–H groups in total. The van der Waals surface area contributed by atoms with Crippen LogP contribution in [0.15, 0.2) is 18.3 Å². The standard InChI is InChI=1S/C12H20N2O2/c1-14(6-4-11-3-2-5-13-11)7-12(8-15)9-16-10-12/h2-3,5,13,15H,4,6-10H2,1H3. The second-order valence-electron chi connectivity index (χ2n) is 4.83. The van der Waals surface area contributed by atoms with Crippen LogP contribution in [0.5, 0.6) is 0 Å². The maximum absolute atomic E-state index is 9.32. The van der Waals surface area contributed by atoms with E-state index in [0.717, 1.165) is 19.5 Å². The molecule has 2 heterocycles. The van der Waals surface area contributed by atoms with Gasteiger partial charge < -0.3 is 19.7 Å². The lowest BCUT2D eigenvalue weighted by molar-refractivity contribution is -0.146. The van der Waals surface area contributed by atoms with Crippen molar-refractivity contribution >= 4 is 0 Å². The maximum atomic E-state index is 9.32. The third-order valence-electron chi connectivity index (χ3n) is 3.18. The largest absolute Gasteiger partial charge is 0.396 e. The number of aliphatic hydroxyl groups excluding tert-OH is 1. The Morgan fingerprint density at radius 1 is 1.56 bits per heavy atom. The van der Waals surface area contributed by atoms with E-state index in [-0.39, 0.29) is 12.0 Å². The summed E-state index contributed by atoms with van der Waals surface area (Å²) in [6.07, 6.45) is 2.97. The predicted molar refractivity (Wildman–Crippen MR) is 62.3 cm³/mol. The molecular formula is C12H20N2O2. The second-order valence-corrected chi connectivity index (χ2v) is 4.83. The molecule has 1 aromatic rings. The van der Waals surface area contributed by atoms with E-state index in [1.165, 1.54) is 5.69 Å². The molecule has 0 unspecified atom stereocenters. The van der Waals surface area contributed by atoms with E-state index >= 15 is 0 Å². The SMILES string of the molecule is CN(CCc1ccc[nH]1)CC1(CO)COC1. The van der Waals surface area contributed by atoms with Crippen LogP contribution in [0.4, 0.5) is 0 Å². The van der Waals surface area contributed by atoms with E-state index in [4.69, 9.17) is 4.74 Å². The van der Waals surface area contributed by atoms with Crippen LogP contribution in [0.1, 0.15) is 5.69 Å². The molecule has 0 atom stereocenters. The summed E-state index contributed by atoms with van der Waals surface area (Å²) in [6.45, 7) is 3.51. The number of aromatic nitrogens is 1. The zero-order valence-corrected chi connectivity index (χ0v) is 9.78. The molecule has 1 fully saturated rings. The van der Waals surface area contributed by atoms with Gasteiger partial charge in [-0.1, -0.05) is 0 Å². The molecule has 1 saturated heterocycles. The van der Waals surface area contributed by atoms with Crippen LogP contribution in [-0.2, 0) is 11.2 Å². The van der Waals surface area contributed by atoms with Crippen LogP contribution in [-0.4, -0.2) is 54.9 Å². The molecule has 0 bridgehead atoms. The molecule has 4 nitrogen and oxygen atoms in total. The van der Waals surface area contributed by atoms with Crippen molar-refractivity contribution in [3.63, 3.8) is 0 Å². The van der Waals surface area contributed by atoms with Crippen molar-refractivity contribution in [1.82, 2.24) is 9.88 Å². The molecule has 90 valence electrons. The van der Waals surface area contributed by atoms with Gasteiger partial charge in [0.25, 0.3) is 0 Å². The number of hydrogen-bond donors (Lipinski definition) is 2. The minimum atomic E-state index is -0.00944. The maximum Gasteiger partial charge on any atom is 0.0579 e. The van der Waals surface area contributed by atoms with Crippen molar-refractivity contribution in [2.75, 3.05) is 40.0 Å². The quantitative estimate of drug-likeness (QED) is 0.739. The van der Waals surface area contributed by atoms with Crippen molar-refractivity contribution in [3.8, 4) is 0 Å². The molecule has 0 amide bonds. The summed E-state index contributed by atoms with van der Waals surface area (Å²) in [5.74, 6) is 0. The predicted octanol–water partition coefficient (Wildman–Crippen LogP) is 0.498. The molecule has 1 aliphatic rings. The van der Waals surface area contributed by atoms with Crippen molar-refractivity contribution in [2.45, 2.75) is 6.42 Å². The minimum Gasteiger partial charge on any atom is -0.396 e. The van der Waals surface area contributed by atoms with E-state index in [1.54, 1.807) is 0 Å². The third kappa shape index (κ3) is 2.64. The van der Waals surface area contributed by atoms with Crippen LogP contribution in [0.25, 0.3) is 0 Å². The Kier molecular flexibility index (Phi) is 3.63. The molecule has 0 spiro atoms. The van der Waals surface area contributed by atoms with Crippen molar-refractivity contribution < 1.29 is 9.84 Å². The Morgan fingerprint density at radius 2 is 2.38 bits per heavy atom. The summed E-state index contributed by atoms with van der Waals surface area (Å²) >= 11 is 0. The zero-order chi connectivity index (χ0) is 11.4. The number of nitrogens with zero attached hydrogens (tertiary/aromatic N) is 1. The topological polar surface area (TPSA) is 48.5 Å². The lowest BCUT2D eigenvalue weighted by Gasteiger charge is -2.42. The molecule has 4 heteroatoms. The number of likely N-dealkylation sites (N-methyl/N-ethyl adjacent to an activating group) is 1. The lowest BCUT2D eigenvalue weighted by Crippen LogP contribution is -2.52. The van der Waals surface area contributed by atoms with E-state index < -0.39 is 0 Å². The van der Waals surface area contributed by atoms with E-state index in [9.17, 15) is 5.11 Å². The number of aromatic amines is 1. The first-order chi connectivity index (χ1) is 7.74. The number of rotatable bonds is 6. The molecule has 0 aliphatic carbocycles. The molecule has 0 aromatic carbocycles. The molecule has 16 heavy (non-hydrogen) atoms. The normalized spacial score (nSPS) is 18.7. The Morgan fingerprint density at radius 3 is 2.88 bits per heavy atom.